The fourth-order valence-corrected chi connectivity index (χ4v) is 1.48. The highest BCUT2D eigenvalue weighted by Gasteiger charge is 2.09. The number of hydrogen-bond donors (Lipinski definition) is 1. The summed E-state index contributed by atoms with van der Waals surface area (Å²) in [5, 5.41) is 2.69. The smallest absolute Gasteiger partial charge is 0.231 e. The van der Waals surface area contributed by atoms with Crippen molar-refractivity contribution in [3.63, 3.8) is 0 Å². The number of rotatable bonds is 6. The first-order chi connectivity index (χ1) is 8.52. The molecule has 0 spiro atoms. The van der Waals surface area contributed by atoms with Crippen LogP contribution in [-0.4, -0.2) is 18.3 Å². The van der Waals surface area contributed by atoms with Gasteiger partial charge in [0.1, 0.15) is 11.5 Å². The summed E-state index contributed by atoms with van der Waals surface area (Å²) in [4.78, 5) is 22.4. The topological polar surface area (TPSA) is 55.4 Å². The van der Waals surface area contributed by atoms with Gasteiger partial charge in [-0.1, -0.05) is 13.0 Å². The van der Waals surface area contributed by atoms with Crippen LogP contribution in [0.5, 0.6) is 5.75 Å². The van der Waals surface area contributed by atoms with Crippen LogP contribution >= 0.6 is 0 Å². The van der Waals surface area contributed by atoms with Crippen molar-refractivity contribution in [2.45, 2.75) is 33.6 Å². The molecular formula is C14H19NO3. The molecule has 0 atom stereocenters. The minimum atomic E-state index is -0.312. The minimum absolute atomic E-state index is 0.110. The lowest BCUT2D eigenvalue weighted by molar-refractivity contribution is -0.124. The second kappa shape index (κ2) is 6.79. The first-order valence-electron chi connectivity index (χ1n) is 6.05. The van der Waals surface area contributed by atoms with Crippen LogP contribution in [-0.2, 0) is 9.59 Å². The Morgan fingerprint density at radius 3 is 2.67 bits per heavy atom. The molecule has 0 bridgehead atoms. The van der Waals surface area contributed by atoms with E-state index >= 15 is 0 Å². The predicted octanol–water partition coefficient (Wildman–Crippen LogP) is 2.70. The van der Waals surface area contributed by atoms with Gasteiger partial charge in [0.05, 0.1) is 18.7 Å². The fourth-order valence-electron chi connectivity index (χ4n) is 1.48. The van der Waals surface area contributed by atoms with E-state index < -0.39 is 0 Å². The molecule has 98 valence electrons. The second-order valence-corrected chi connectivity index (χ2v) is 4.28. The summed E-state index contributed by atoms with van der Waals surface area (Å²) < 4.78 is 5.57. The van der Waals surface area contributed by atoms with Crippen LogP contribution < -0.4 is 10.1 Å². The van der Waals surface area contributed by atoms with Crippen molar-refractivity contribution in [2.24, 2.45) is 0 Å². The van der Waals surface area contributed by atoms with Crippen LogP contribution in [0.3, 0.4) is 0 Å². The van der Waals surface area contributed by atoms with E-state index in [2.05, 4.69) is 5.32 Å². The Labute approximate surface area is 107 Å². The summed E-state index contributed by atoms with van der Waals surface area (Å²) in [7, 11) is 0. The van der Waals surface area contributed by atoms with Crippen LogP contribution in [0.2, 0.25) is 0 Å². The first kappa shape index (κ1) is 14.2. The molecule has 4 heteroatoms. The molecule has 1 rings (SSSR count). The van der Waals surface area contributed by atoms with Gasteiger partial charge in [-0.2, -0.15) is 0 Å². The maximum Gasteiger partial charge on any atom is 0.231 e. The lowest BCUT2D eigenvalue weighted by atomic mass is 10.2. The quantitative estimate of drug-likeness (QED) is 0.789. The van der Waals surface area contributed by atoms with E-state index in [1.165, 1.54) is 6.92 Å². The van der Waals surface area contributed by atoms with Crippen molar-refractivity contribution in [3.05, 3.63) is 23.8 Å². The highest BCUT2D eigenvalue weighted by Crippen LogP contribution is 2.26. The Morgan fingerprint density at radius 2 is 2.06 bits per heavy atom. The number of hydrogen-bond acceptors (Lipinski definition) is 3. The number of Topliss-reactive ketones (excluding diaryl/α,β-unsaturated/α-hetero) is 1. The number of amides is 1. The molecule has 0 aliphatic heterocycles. The summed E-state index contributed by atoms with van der Waals surface area (Å²) in [6.07, 6.45) is 0.788. The van der Waals surface area contributed by atoms with Crippen LogP contribution in [0, 0.1) is 6.92 Å². The van der Waals surface area contributed by atoms with Crippen molar-refractivity contribution < 1.29 is 14.3 Å². The summed E-state index contributed by atoms with van der Waals surface area (Å²) in [6, 6.07) is 5.56. The van der Waals surface area contributed by atoms with Gasteiger partial charge in [-0.05, 0) is 38.0 Å². The van der Waals surface area contributed by atoms with Gasteiger partial charge >= 0.3 is 0 Å². The molecule has 1 N–H and O–H groups in total. The molecule has 0 fully saturated rings. The van der Waals surface area contributed by atoms with Gasteiger partial charge in [-0.15, -0.1) is 0 Å². The van der Waals surface area contributed by atoms with Crippen molar-refractivity contribution in [3.8, 4) is 5.75 Å². The number of nitrogens with one attached hydrogen (secondary N) is 1. The SMILES string of the molecule is CCCOc1cc(C)ccc1NC(=O)CC(C)=O. The third-order valence-corrected chi connectivity index (χ3v) is 2.28. The lowest BCUT2D eigenvalue weighted by Gasteiger charge is -2.12. The van der Waals surface area contributed by atoms with Crippen LogP contribution in [0.15, 0.2) is 18.2 Å². The molecule has 0 aliphatic carbocycles. The number of ketones is 1. The lowest BCUT2D eigenvalue weighted by Crippen LogP contribution is -2.15. The number of aryl methyl sites for hydroxylation is 1. The second-order valence-electron chi connectivity index (χ2n) is 4.28. The van der Waals surface area contributed by atoms with Crippen LogP contribution in [0.25, 0.3) is 0 Å². The maximum absolute atomic E-state index is 11.5. The van der Waals surface area contributed by atoms with Gasteiger partial charge in [-0.25, -0.2) is 0 Å². The molecule has 0 radical (unpaired) electrons. The van der Waals surface area contributed by atoms with Crippen molar-refractivity contribution in [2.75, 3.05) is 11.9 Å². The molecule has 1 aromatic carbocycles. The Kier molecular flexibility index (Phi) is 5.36. The first-order valence-corrected chi connectivity index (χ1v) is 6.05. The molecule has 0 saturated carbocycles. The van der Waals surface area contributed by atoms with E-state index in [1.54, 1.807) is 6.07 Å². The maximum atomic E-state index is 11.5. The Morgan fingerprint density at radius 1 is 1.33 bits per heavy atom. The van der Waals surface area contributed by atoms with Gasteiger partial charge in [0, 0.05) is 0 Å². The van der Waals surface area contributed by atoms with Crippen molar-refractivity contribution in [1.82, 2.24) is 0 Å². The van der Waals surface area contributed by atoms with E-state index in [1.807, 2.05) is 26.0 Å². The molecule has 1 amide bonds. The van der Waals surface area contributed by atoms with E-state index in [0.29, 0.717) is 18.0 Å². The zero-order valence-electron chi connectivity index (χ0n) is 11.1. The normalized spacial score (nSPS) is 9.94. The largest absolute Gasteiger partial charge is 0.491 e. The molecular weight excluding hydrogens is 230 g/mol. The Bertz CT molecular complexity index is 441. The zero-order chi connectivity index (χ0) is 13.5. The molecule has 4 nitrogen and oxygen atoms in total. The summed E-state index contributed by atoms with van der Waals surface area (Å²) in [6.45, 7) is 5.96. The van der Waals surface area contributed by atoms with Gasteiger partial charge in [0.25, 0.3) is 0 Å². The number of anilines is 1. The van der Waals surface area contributed by atoms with E-state index in [-0.39, 0.29) is 18.1 Å². The summed E-state index contributed by atoms with van der Waals surface area (Å²) >= 11 is 0. The highest BCUT2D eigenvalue weighted by molar-refractivity contribution is 6.04. The van der Waals surface area contributed by atoms with Gasteiger partial charge in [0.15, 0.2) is 0 Å². The van der Waals surface area contributed by atoms with E-state index in [0.717, 1.165) is 12.0 Å². The van der Waals surface area contributed by atoms with Crippen molar-refractivity contribution >= 4 is 17.4 Å². The average molecular weight is 249 g/mol. The Hall–Kier alpha value is -1.84. The molecule has 18 heavy (non-hydrogen) atoms. The van der Waals surface area contributed by atoms with E-state index in [4.69, 9.17) is 4.74 Å². The fraction of sp³-hybridized carbons (Fsp3) is 0.429. The monoisotopic (exact) mass is 249 g/mol. The van der Waals surface area contributed by atoms with Crippen LogP contribution in [0.4, 0.5) is 5.69 Å². The van der Waals surface area contributed by atoms with Gasteiger partial charge in [0.2, 0.25) is 5.91 Å². The molecule has 0 aliphatic rings. The van der Waals surface area contributed by atoms with Crippen molar-refractivity contribution in [1.29, 1.82) is 0 Å². The molecule has 0 heterocycles. The van der Waals surface area contributed by atoms with Gasteiger partial charge in [-0.3, -0.25) is 9.59 Å². The Balaban J connectivity index is 2.80. The number of benzene rings is 1. The number of ether oxygens (including phenoxy) is 1. The zero-order valence-corrected chi connectivity index (χ0v) is 11.1. The van der Waals surface area contributed by atoms with E-state index in [9.17, 15) is 9.59 Å². The number of carbonyl (C=O) groups is 2. The predicted molar refractivity (Wildman–Crippen MR) is 70.9 cm³/mol. The van der Waals surface area contributed by atoms with Crippen LogP contribution in [0.1, 0.15) is 32.3 Å². The summed E-state index contributed by atoms with van der Waals surface area (Å²) in [5.41, 5.74) is 1.67. The third kappa shape index (κ3) is 4.57. The molecule has 0 unspecified atom stereocenters. The summed E-state index contributed by atoms with van der Waals surface area (Å²) in [5.74, 6) is 0.178. The molecule has 0 aromatic heterocycles. The molecule has 1 aromatic rings. The highest BCUT2D eigenvalue weighted by atomic mass is 16.5. The number of carbonyl (C=O) groups excluding carboxylic acids is 2. The third-order valence-electron chi connectivity index (χ3n) is 2.28. The minimum Gasteiger partial charge on any atom is -0.491 e. The average Bonchev–Trinajstić information content (AvgIpc) is 2.28. The molecule has 0 saturated heterocycles. The standard InChI is InChI=1S/C14H19NO3/c1-4-7-18-13-8-10(2)5-6-12(13)15-14(17)9-11(3)16/h5-6,8H,4,7,9H2,1-3H3,(H,15,17). The van der Waals surface area contributed by atoms with Gasteiger partial charge < -0.3 is 10.1 Å².